The Morgan fingerprint density at radius 2 is 2.11 bits per heavy atom. The predicted octanol–water partition coefficient (Wildman–Crippen LogP) is 0.332. The fourth-order valence-electron chi connectivity index (χ4n) is 1.34. The Morgan fingerprint density at radius 1 is 1.50 bits per heavy atom. The summed E-state index contributed by atoms with van der Waals surface area (Å²) in [6.07, 6.45) is 0. The van der Waals surface area contributed by atoms with Crippen LogP contribution in [0, 0.1) is 10.1 Å². The molecule has 0 saturated carbocycles. The van der Waals surface area contributed by atoms with Crippen LogP contribution >= 0.6 is 0 Å². The number of nitrogens with one attached hydrogen (secondary N) is 1. The maximum absolute atomic E-state index is 11.7. The number of nitro benzene ring substituents is 1. The van der Waals surface area contributed by atoms with Crippen molar-refractivity contribution >= 4 is 11.6 Å². The second kappa shape index (κ2) is 6.67. The third kappa shape index (κ3) is 3.79. The molecule has 0 bridgehead atoms. The minimum atomic E-state index is -0.539. The topological polar surface area (TPSA) is 102 Å². The number of hydrogen-bond donors (Lipinski definition) is 2. The summed E-state index contributed by atoms with van der Waals surface area (Å²) in [6, 6.07) is 4.71. The third-order valence-electron chi connectivity index (χ3n) is 2.26. The number of hydrogen-bond acceptors (Lipinski definition) is 5. The Kier molecular flexibility index (Phi) is 5.22. The van der Waals surface area contributed by atoms with Crippen LogP contribution in [0.5, 0.6) is 0 Å². The lowest BCUT2D eigenvalue weighted by molar-refractivity contribution is -0.384. The van der Waals surface area contributed by atoms with E-state index in [-0.39, 0.29) is 24.5 Å². The van der Waals surface area contributed by atoms with Crippen LogP contribution in [0.3, 0.4) is 0 Å². The first-order chi connectivity index (χ1) is 8.58. The number of nitrogens with zero attached hydrogens (tertiary/aromatic N) is 1. The second-order valence-corrected chi connectivity index (χ2v) is 3.61. The van der Waals surface area contributed by atoms with E-state index >= 15 is 0 Å². The average Bonchev–Trinajstić information content (AvgIpc) is 2.38. The number of aliphatic hydroxyl groups excluding tert-OH is 1. The third-order valence-corrected chi connectivity index (χ3v) is 2.26. The van der Waals surface area contributed by atoms with Crippen LogP contribution in [0.25, 0.3) is 0 Å². The zero-order chi connectivity index (χ0) is 13.5. The summed E-state index contributed by atoms with van der Waals surface area (Å²) in [6.45, 7) is -0.0538. The molecule has 0 aromatic heterocycles. The van der Waals surface area contributed by atoms with Gasteiger partial charge in [-0.15, -0.1) is 0 Å². The molecule has 0 aliphatic carbocycles. The maximum Gasteiger partial charge on any atom is 0.269 e. The predicted molar refractivity (Wildman–Crippen MR) is 63.3 cm³/mol. The Balaban J connectivity index is 2.69. The van der Waals surface area contributed by atoms with Crippen molar-refractivity contribution in [3.63, 3.8) is 0 Å². The van der Waals surface area contributed by atoms with Gasteiger partial charge in [0.2, 0.25) is 0 Å². The van der Waals surface area contributed by atoms with Gasteiger partial charge in [-0.2, -0.15) is 0 Å². The van der Waals surface area contributed by atoms with Crippen LogP contribution in [-0.4, -0.2) is 42.3 Å². The molecule has 1 unspecified atom stereocenters. The van der Waals surface area contributed by atoms with Crippen molar-refractivity contribution in [3.8, 4) is 0 Å². The lowest BCUT2D eigenvalue weighted by Crippen LogP contribution is -2.40. The van der Waals surface area contributed by atoms with Crippen LogP contribution in [0.1, 0.15) is 10.4 Å². The van der Waals surface area contributed by atoms with E-state index in [1.54, 1.807) is 0 Å². The van der Waals surface area contributed by atoms with Gasteiger partial charge in [0.1, 0.15) is 0 Å². The molecular formula is C11H14N2O5. The molecule has 0 fully saturated rings. The average molecular weight is 254 g/mol. The van der Waals surface area contributed by atoms with Gasteiger partial charge >= 0.3 is 0 Å². The highest BCUT2D eigenvalue weighted by atomic mass is 16.6. The molecule has 1 atom stereocenters. The van der Waals surface area contributed by atoms with Crippen LogP contribution in [-0.2, 0) is 4.74 Å². The van der Waals surface area contributed by atoms with Gasteiger partial charge in [0.15, 0.2) is 0 Å². The van der Waals surface area contributed by atoms with E-state index < -0.39 is 16.9 Å². The second-order valence-electron chi connectivity index (χ2n) is 3.61. The van der Waals surface area contributed by atoms with Gasteiger partial charge in [-0.3, -0.25) is 14.9 Å². The van der Waals surface area contributed by atoms with Crippen LogP contribution in [0.4, 0.5) is 5.69 Å². The summed E-state index contributed by atoms with van der Waals surface area (Å²) in [5.74, 6) is -0.416. The molecule has 98 valence electrons. The quantitative estimate of drug-likeness (QED) is 0.562. The van der Waals surface area contributed by atoms with Crippen molar-refractivity contribution in [3.05, 3.63) is 39.9 Å². The lowest BCUT2D eigenvalue weighted by atomic mass is 10.2. The Labute approximate surface area is 104 Å². The number of aliphatic hydroxyl groups is 1. The number of non-ortho nitro benzene ring substituents is 1. The van der Waals surface area contributed by atoms with Gasteiger partial charge in [-0.1, -0.05) is 0 Å². The minimum Gasteiger partial charge on any atom is -0.394 e. The summed E-state index contributed by atoms with van der Waals surface area (Å²) in [4.78, 5) is 21.6. The fraction of sp³-hybridized carbons (Fsp3) is 0.364. The van der Waals surface area contributed by atoms with Gasteiger partial charge < -0.3 is 15.2 Å². The SMILES string of the molecule is COCC(CO)NC(=O)c1ccc([N+](=O)[O-])cc1. The number of nitro groups is 1. The summed E-state index contributed by atoms with van der Waals surface area (Å²) in [5, 5.41) is 22.0. The van der Waals surface area contributed by atoms with E-state index in [0.717, 1.165) is 0 Å². The Hall–Kier alpha value is -1.99. The number of methoxy groups -OCH3 is 1. The van der Waals surface area contributed by atoms with Gasteiger partial charge in [0.05, 0.1) is 24.2 Å². The lowest BCUT2D eigenvalue weighted by Gasteiger charge is -2.14. The largest absolute Gasteiger partial charge is 0.394 e. The molecule has 0 aliphatic heterocycles. The van der Waals surface area contributed by atoms with Crippen LogP contribution < -0.4 is 5.32 Å². The Bertz CT molecular complexity index is 418. The van der Waals surface area contributed by atoms with E-state index in [1.807, 2.05) is 0 Å². The van der Waals surface area contributed by atoms with Crippen molar-refractivity contribution in [1.82, 2.24) is 5.32 Å². The molecule has 2 N–H and O–H groups in total. The number of amides is 1. The smallest absolute Gasteiger partial charge is 0.269 e. The summed E-state index contributed by atoms with van der Waals surface area (Å²) in [7, 11) is 1.46. The molecule has 0 spiro atoms. The zero-order valence-corrected chi connectivity index (χ0v) is 9.83. The maximum atomic E-state index is 11.7. The van der Waals surface area contributed by atoms with Gasteiger partial charge in [-0.05, 0) is 12.1 Å². The molecular weight excluding hydrogens is 240 g/mol. The highest BCUT2D eigenvalue weighted by Crippen LogP contribution is 2.11. The number of carbonyl (C=O) groups excluding carboxylic acids is 1. The van der Waals surface area contributed by atoms with Crippen LogP contribution in [0.2, 0.25) is 0 Å². The summed E-state index contributed by atoms with van der Waals surface area (Å²) >= 11 is 0. The molecule has 7 nitrogen and oxygen atoms in total. The van der Waals surface area contributed by atoms with Crippen molar-refractivity contribution in [2.24, 2.45) is 0 Å². The molecule has 1 rings (SSSR count). The van der Waals surface area contributed by atoms with Crippen LogP contribution in [0.15, 0.2) is 24.3 Å². The first-order valence-corrected chi connectivity index (χ1v) is 5.23. The molecule has 7 heteroatoms. The summed E-state index contributed by atoms with van der Waals surface area (Å²) < 4.78 is 4.82. The molecule has 1 amide bonds. The van der Waals surface area contributed by atoms with E-state index in [0.29, 0.717) is 0 Å². The van der Waals surface area contributed by atoms with Gasteiger partial charge in [-0.25, -0.2) is 0 Å². The highest BCUT2D eigenvalue weighted by Gasteiger charge is 2.13. The highest BCUT2D eigenvalue weighted by molar-refractivity contribution is 5.94. The standard InChI is InChI=1S/C11H14N2O5/c1-18-7-9(6-14)12-11(15)8-2-4-10(5-3-8)13(16)17/h2-5,9,14H,6-7H2,1H3,(H,12,15). The number of ether oxygens (including phenoxy) is 1. The van der Waals surface area contributed by atoms with Gasteiger partial charge in [0.25, 0.3) is 11.6 Å². The molecule has 1 aromatic carbocycles. The van der Waals surface area contributed by atoms with E-state index in [4.69, 9.17) is 9.84 Å². The molecule has 0 heterocycles. The zero-order valence-electron chi connectivity index (χ0n) is 9.83. The molecule has 0 aliphatic rings. The number of carbonyl (C=O) groups is 1. The van der Waals surface area contributed by atoms with Crippen molar-refractivity contribution in [2.75, 3.05) is 20.3 Å². The van der Waals surface area contributed by atoms with E-state index in [1.165, 1.54) is 31.4 Å². The van der Waals surface area contributed by atoms with E-state index in [2.05, 4.69) is 5.32 Å². The van der Waals surface area contributed by atoms with Crippen molar-refractivity contribution < 1.29 is 19.6 Å². The normalized spacial score (nSPS) is 11.9. The molecule has 0 radical (unpaired) electrons. The van der Waals surface area contributed by atoms with E-state index in [9.17, 15) is 14.9 Å². The first kappa shape index (κ1) is 14.1. The summed E-state index contributed by atoms with van der Waals surface area (Å²) in [5.41, 5.74) is 0.206. The number of rotatable bonds is 6. The van der Waals surface area contributed by atoms with Crippen molar-refractivity contribution in [2.45, 2.75) is 6.04 Å². The monoisotopic (exact) mass is 254 g/mol. The van der Waals surface area contributed by atoms with Gasteiger partial charge in [0, 0.05) is 24.8 Å². The fourth-order valence-corrected chi connectivity index (χ4v) is 1.34. The molecule has 0 saturated heterocycles. The molecule has 1 aromatic rings. The Morgan fingerprint density at radius 3 is 2.56 bits per heavy atom. The number of benzene rings is 1. The minimum absolute atomic E-state index is 0.0813. The molecule has 18 heavy (non-hydrogen) atoms. The first-order valence-electron chi connectivity index (χ1n) is 5.23. The van der Waals surface area contributed by atoms with Crippen molar-refractivity contribution in [1.29, 1.82) is 0 Å².